The molecule has 0 bridgehead atoms. The number of thioether (sulfide) groups is 1. The number of aromatic nitrogens is 2. The Hall–Kier alpha value is -2.12. The van der Waals surface area contributed by atoms with E-state index in [1.165, 1.54) is 0 Å². The van der Waals surface area contributed by atoms with Gasteiger partial charge in [-0.05, 0) is 40.7 Å². The molecule has 0 saturated carbocycles. The first kappa shape index (κ1) is 17.0. The number of Topliss-reactive ketones (excluding diaryl/α,β-unsaturated/α-hetero) is 1. The monoisotopic (exact) mass is 441 g/mol. The molecule has 136 valence electrons. The van der Waals surface area contributed by atoms with Crippen LogP contribution >= 0.6 is 27.7 Å². The van der Waals surface area contributed by atoms with Crippen molar-refractivity contribution in [2.75, 3.05) is 12.8 Å². The number of pyridine rings is 1. The van der Waals surface area contributed by atoms with E-state index in [2.05, 4.69) is 21.2 Å². The minimum absolute atomic E-state index is 0.0102. The van der Waals surface area contributed by atoms with Crippen LogP contribution in [0.4, 0.5) is 0 Å². The van der Waals surface area contributed by atoms with E-state index in [1.54, 1.807) is 24.0 Å². The van der Waals surface area contributed by atoms with Crippen molar-refractivity contribution in [3.63, 3.8) is 0 Å². The third kappa shape index (κ3) is 2.09. The van der Waals surface area contributed by atoms with Gasteiger partial charge in [0.05, 0.1) is 21.3 Å². The van der Waals surface area contributed by atoms with Crippen molar-refractivity contribution in [2.24, 2.45) is 12.5 Å². The lowest BCUT2D eigenvalue weighted by molar-refractivity contribution is -0.110. The maximum absolute atomic E-state index is 13.4. The molecule has 0 fully saturated rings. The van der Waals surface area contributed by atoms with Crippen LogP contribution < -0.4 is 5.32 Å². The van der Waals surface area contributed by atoms with Crippen molar-refractivity contribution in [3.05, 3.63) is 57.1 Å². The predicted molar refractivity (Wildman–Crippen MR) is 111 cm³/mol. The SMILES string of the molecule is CSC1=CC(=O)C(Br)=C[C@]12CCNC1=C2c2nccc3cn(C)c(c23)C1=O. The van der Waals surface area contributed by atoms with Gasteiger partial charge in [-0.3, -0.25) is 14.6 Å². The normalized spacial score (nSPS) is 24.1. The fourth-order valence-corrected chi connectivity index (χ4v) is 5.87. The Kier molecular flexibility index (Phi) is 3.58. The first-order valence-corrected chi connectivity index (χ1v) is 10.7. The van der Waals surface area contributed by atoms with E-state index in [0.29, 0.717) is 22.4 Å². The fraction of sp³-hybridized carbons (Fsp3) is 0.250. The zero-order valence-corrected chi connectivity index (χ0v) is 17.2. The number of allylic oxidation sites excluding steroid dienone is 6. The summed E-state index contributed by atoms with van der Waals surface area (Å²) in [6.45, 7) is 0.656. The summed E-state index contributed by atoms with van der Waals surface area (Å²) in [7, 11) is 1.89. The first-order valence-electron chi connectivity index (χ1n) is 8.64. The molecule has 0 unspecified atom stereocenters. The third-order valence-electron chi connectivity index (χ3n) is 5.63. The number of hydrogen-bond acceptors (Lipinski definition) is 5. The number of nitrogens with one attached hydrogen (secondary N) is 1. The standard InChI is InChI=1S/C20H16BrN3O2S/c1-24-9-10-3-5-22-16-14(10)18(24)19(26)17-15(16)20(4-6-23-17)8-11(21)12(25)7-13(20)27-2/h3,5,7-9,23H,4,6H2,1-2H3/t20-/m1/s1. The number of hydrogen-bond donors (Lipinski definition) is 1. The van der Waals surface area contributed by atoms with Crippen LogP contribution in [0.5, 0.6) is 0 Å². The molecule has 5 rings (SSSR count). The van der Waals surface area contributed by atoms with Crippen molar-refractivity contribution in [1.29, 1.82) is 0 Å². The fourth-order valence-electron chi connectivity index (χ4n) is 4.52. The zero-order valence-electron chi connectivity index (χ0n) is 14.8. The molecule has 3 aliphatic rings. The van der Waals surface area contributed by atoms with Crippen LogP contribution in [-0.4, -0.2) is 33.9 Å². The number of rotatable bonds is 1. The Morgan fingerprint density at radius 3 is 2.96 bits per heavy atom. The predicted octanol–water partition coefficient (Wildman–Crippen LogP) is 3.57. The van der Waals surface area contributed by atoms with Crippen molar-refractivity contribution < 1.29 is 9.59 Å². The molecule has 1 N–H and O–H groups in total. The van der Waals surface area contributed by atoms with Crippen LogP contribution in [0.3, 0.4) is 0 Å². The highest BCUT2D eigenvalue weighted by molar-refractivity contribution is 9.12. The maximum atomic E-state index is 13.4. The lowest BCUT2D eigenvalue weighted by Crippen LogP contribution is -2.41. The Bertz CT molecular complexity index is 1160. The van der Waals surface area contributed by atoms with Crippen LogP contribution in [0, 0.1) is 5.41 Å². The summed E-state index contributed by atoms with van der Waals surface area (Å²) in [5.41, 5.74) is 2.45. The van der Waals surface area contributed by atoms with Crippen LogP contribution in [0.2, 0.25) is 0 Å². The van der Waals surface area contributed by atoms with E-state index in [9.17, 15) is 9.59 Å². The van der Waals surface area contributed by atoms with Gasteiger partial charge in [0.2, 0.25) is 5.78 Å². The van der Waals surface area contributed by atoms with Crippen LogP contribution in [-0.2, 0) is 11.8 Å². The smallest absolute Gasteiger partial charge is 0.226 e. The van der Waals surface area contributed by atoms with Gasteiger partial charge >= 0.3 is 0 Å². The Balaban J connectivity index is 1.90. The zero-order chi connectivity index (χ0) is 18.9. The molecule has 1 aliphatic heterocycles. The highest BCUT2D eigenvalue weighted by atomic mass is 79.9. The summed E-state index contributed by atoms with van der Waals surface area (Å²) < 4.78 is 2.42. The summed E-state index contributed by atoms with van der Waals surface area (Å²) in [6.07, 6.45) is 10.2. The number of carbonyl (C=O) groups is 2. The van der Waals surface area contributed by atoms with E-state index in [1.807, 2.05) is 36.2 Å². The molecule has 0 radical (unpaired) electrons. The summed E-state index contributed by atoms with van der Waals surface area (Å²) in [5, 5.41) is 5.22. The summed E-state index contributed by atoms with van der Waals surface area (Å²) in [6, 6.07) is 1.94. The molecule has 2 aliphatic carbocycles. The van der Waals surface area contributed by atoms with Gasteiger partial charge in [0, 0.05) is 47.2 Å². The molecule has 0 aromatic carbocycles. The molecule has 7 heteroatoms. The van der Waals surface area contributed by atoms with Crippen molar-refractivity contribution in [1.82, 2.24) is 14.9 Å². The molecule has 1 spiro atoms. The van der Waals surface area contributed by atoms with Gasteiger partial charge in [0.1, 0.15) is 5.69 Å². The number of fused-ring (bicyclic) bond motifs is 2. The van der Waals surface area contributed by atoms with Gasteiger partial charge in [-0.25, -0.2) is 0 Å². The van der Waals surface area contributed by atoms with Crippen LogP contribution in [0.15, 0.2) is 45.7 Å². The Morgan fingerprint density at radius 2 is 2.19 bits per heavy atom. The van der Waals surface area contributed by atoms with Gasteiger partial charge in [-0.1, -0.05) is 6.08 Å². The molecule has 0 amide bonds. The largest absolute Gasteiger partial charge is 0.381 e. The molecule has 2 aromatic rings. The quantitative estimate of drug-likeness (QED) is 0.732. The van der Waals surface area contributed by atoms with Gasteiger partial charge in [0.15, 0.2) is 5.78 Å². The average Bonchev–Trinajstić information content (AvgIpc) is 2.99. The molecule has 2 aromatic heterocycles. The van der Waals surface area contributed by atoms with Gasteiger partial charge in [-0.15, -0.1) is 11.8 Å². The number of aryl methyl sites for hydroxylation is 1. The second kappa shape index (κ2) is 5.69. The molecular weight excluding hydrogens is 426 g/mol. The van der Waals surface area contributed by atoms with E-state index in [-0.39, 0.29) is 11.6 Å². The average molecular weight is 442 g/mol. The second-order valence-electron chi connectivity index (χ2n) is 7.01. The molecular formula is C20H16BrN3O2S. The Morgan fingerprint density at radius 1 is 1.37 bits per heavy atom. The van der Waals surface area contributed by atoms with E-state index in [4.69, 9.17) is 4.98 Å². The van der Waals surface area contributed by atoms with Gasteiger partial charge in [-0.2, -0.15) is 0 Å². The topological polar surface area (TPSA) is 64.0 Å². The first-order chi connectivity index (χ1) is 13.0. The lowest BCUT2D eigenvalue weighted by atomic mass is 9.68. The number of carbonyl (C=O) groups excluding carboxylic acids is 2. The third-order valence-corrected chi connectivity index (χ3v) is 7.17. The maximum Gasteiger partial charge on any atom is 0.226 e. The number of ketones is 2. The van der Waals surface area contributed by atoms with Crippen molar-refractivity contribution in [3.8, 4) is 0 Å². The van der Waals surface area contributed by atoms with Crippen molar-refractivity contribution in [2.45, 2.75) is 6.42 Å². The molecule has 3 heterocycles. The highest BCUT2D eigenvalue weighted by Crippen LogP contribution is 2.56. The minimum atomic E-state index is -0.531. The van der Waals surface area contributed by atoms with Crippen LogP contribution in [0.25, 0.3) is 16.3 Å². The highest BCUT2D eigenvalue weighted by Gasteiger charge is 2.48. The minimum Gasteiger partial charge on any atom is -0.381 e. The van der Waals surface area contributed by atoms with Gasteiger partial charge < -0.3 is 9.88 Å². The lowest BCUT2D eigenvalue weighted by Gasteiger charge is -2.43. The van der Waals surface area contributed by atoms with E-state index >= 15 is 0 Å². The summed E-state index contributed by atoms with van der Waals surface area (Å²) in [4.78, 5) is 31.3. The Labute approximate surface area is 168 Å². The number of halogens is 1. The molecule has 5 nitrogen and oxygen atoms in total. The van der Waals surface area contributed by atoms with E-state index in [0.717, 1.165) is 33.4 Å². The molecule has 0 saturated heterocycles. The van der Waals surface area contributed by atoms with E-state index < -0.39 is 5.41 Å². The second-order valence-corrected chi connectivity index (χ2v) is 8.71. The van der Waals surface area contributed by atoms with Gasteiger partial charge in [0.25, 0.3) is 0 Å². The van der Waals surface area contributed by atoms with Crippen LogP contribution in [0.1, 0.15) is 22.6 Å². The summed E-state index contributed by atoms with van der Waals surface area (Å²) >= 11 is 4.99. The molecule has 1 atom stereocenters. The number of nitrogens with zero attached hydrogens (tertiary/aromatic N) is 2. The van der Waals surface area contributed by atoms with Crippen molar-refractivity contribution >= 4 is 55.6 Å². The summed E-state index contributed by atoms with van der Waals surface area (Å²) in [5.74, 6) is -0.0525. The molecule has 27 heavy (non-hydrogen) atoms.